The summed E-state index contributed by atoms with van der Waals surface area (Å²) in [6, 6.07) is 9.80. The number of rotatable bonds is 4. The zero-order valence-electron chi connectivity index (χ0n) is 10.9. The minimum Gasteiger partial charge on any atom is -0.356 e. The second-order valence-corrected chi connectivity index (χ2v) is 5.18. The molecule has 1 N–H and O–H groups in total. The first kappa shape index (κ1) is 14.0. The molecule has 1 aromatic carbocycles. The fourth-order valence-corrected chi connectivity index (χ4v) is 2.51. The minimum absolute atomic E-state index is 0.0825. The summed E-state index contributed by atoms with van der Waals surface area (Å²) in [4.78, 5) is 11.8. The lowest BCUT2D eigenvalue weighted by atomic mass is 9.86. The van der Waals surface area contributed by atoms with Gasteiger partial charge in [0.05, 0.1) is 0 Å². The fraction of sp³-hybridized carbons (Fsp3) is 0.533. The molecule has 19 heavy (non-hydrogen) atoms. The van der Waals surface area contributed by atoms with Crippen molar-refractivity contribution >= 4 is 5.91 Å². The highest BCUT2D eigenvalue weighted by molar-refractivity contribution is 5.78. The van der Waals surface area contributed by atoms with Crippen molar-refractivity contribution in [2.24, 2.45) is 5.92 Å². The Bertz CT molecular complexity index is 419. The summed E-state index contributed by atoms with van der Waals surface area (Å²) in [6.45, 7) is 0.505. The van der Waals surface area contributed by atoms with Crippen LogP contribution in [0.4, 0.5) is 8.78 Å². The second-order valence-electron chi connectivity index (χ2n) is 5.18. The molecule has 1 aromatic rings. The van der Waals surface area contributed by atoms with E-state index in [-0.39, 0.29) is 18.7 Å². The molecule has 0 radical (unpaired) electrons. The van der Waals surface area contributed by atoms with Crippen LogP contribution in [0.1, 0.15) is 31.2 Å². The first-order valence-electron chi connectivity index (χ1n) is 6.76. The summed E-state index contributed by atoms with van der Waals surface area (Å²) in [6.07, 6.45) is 1.36. The third-order valence-electron chi connectivity index (χ3n) is 3.57. The number of carbonyl (C=O) groups is 1. The molecular formula is C15H19F2NO. The van der Waals surface area contributed by atoms with Crippen molar-refractivity contribution in [3.63, 3.8) is 0 Å². The van der Waals surface area contributed by atoms with Gasteiger partial charge in [-0.25, -0.2) is 8.78 Å². The van der Waals surface area contributed by atoms with E-state index in [4.69, 9.17) is 0 Å². The van der Waals surface area contributed by atoms with Crippen LogP contribution in [-0.4, -0.2) is 18.4 Å². The van der Waals surface area contributed by atoms with E-state index in [1.54, 1.807) is 0 Å². The number of hydrogen-bond acceptors (Lipinski definition) is 1. The Morgan fingerprint density at radius 3 is 2.74 bits per heavy atom. The van der Waals surface area contributed by atoms with Crippen LogP contribution in [-0.2, 0) is 11.2 Å². The van der Waals surface area contributed by atoms with E-state index in [0.717, 1.165) is 12.0 Å². The highest BCUT2D eigenvalue weighted by Crippen LogP contribution is 2.36. The summed E-state index contributed by atoms with van der Waals surface area (Å²) in [5.74, 6) is -3.42. The van der Waals surface area contributed by atoms with Crippen LogP contribution in [0.5, 0.6) is 0 Å². The van der Waals surface area contributed by atoms with Crippen LogP contribution in [0.15, 0.2) is 30.3 Å². The van der Waals surface area contributed by atoms with Crippen LogP contribution >= 0.6 is 0 Å². The fourth-order valence-electron chi connectivity index (χ4n) is 2.51. The van der Waals surface area contributed by atoms with Crippen molar-refractivity contribution in [1.82, 2.24) is 5.32 Å². The highest BCUT2D eigenvalue weighted by Gasteiger charge is 2.38. The van der Waals surface area contributed by atoms with Crippen LogP contribution < -0.4 is 5.32 Å². The van der Waals surface area contributed by atoms with Crippen LogP contribution in [0.25, 0.3) is 0 Å². The number of amides is 1. The van der Waals surface area contributed by atoms with Gasteiger partial charge in [-0.05, 0) is 24.8 Å². The van der Waals surface area contributed by atoms with Gasteiger partial charge in [0, 0.05) is 25.3 Å². The topological polar surface area (TPSA) is 29.1 Å². The lowest BCUT2D eigenvalue weighted by Gasteiger charge is -2.27. The first-order chi connectivity index (χ1) is 9.07. The van der Waals surface area contributed by atoms with Crippen LogP contribution in [0.3, 0.4) is 0 Å². The molecular weight excluding hydrogens is 248 g/mol. The zero-order valence-corrected chi connectivity index (χ0v) is 10.9. The molecule has 104 valence electrons. The Morgan fingerprint density at radius 2 is 2.05 bits per heavy atom. The summed E-state index contributed by atoms with van der Waals surface area (Å²) >= 11 is 0. The maximum atomic E-state index is 13.2. The van der Waals surface area contributed by atoms with Crippen LogP contribution in [0.2, 0.25) is 0 Å². The molecule has 4 heteroatoms. The van der Waals surface area contributed by atoms with Crippen molar-refractivity contribution in [2.45, 2.75) is 38.0 Å². The standard InChI is InChI=1S/C15H19F2NO/c16-15(17)9-4-7-13(11-15)14(19)18-10-8-12-5-2-1-3-6-12/h1-3,5-6,13H,4,7-11H2,(H,18,19). The summed E-state index contributed by atoms with van der Waals surface area (Å²) < 4.78 is 26.4. The van der Waals surface area contributed by atoms with Gasteiger partial charge in [-0.3, -0.25) is 4.79 Å². The zero-order chi connectivity index (χ0) is 13.7. The summed E-state index contributed by atoms with van der Waals surface area (Å²) in [7, 11) is 0. The Hall–Kier alpha value is -1.45. The predicted octanol–water partition coefficient (Wildman–Crippen LogP) is 3.17. The Labute approximate surface area is 112 Å². The second kappa shape index (κ2) is 6.13. The molecule has 0 aromatic heterocycles. The van der Waals surface area contributed by atoms with Crippen molar-refractivity contribution in [1.29, 1.82) is 0 Å². The van der Waals surface area contributed by atoms with Crippen molar-refractivity contribution in [3.8, 4) is 0 Å². The Kier molecular flexibility index (Phi) is 4.51. The molecule has 1 saturated carbocycles. The highest BCUT2D eigenvalue weighted by atomic mass is 19.3. The average molecular weight is 267 g/mol. The third kappa shape index (κ3) is 4.30. The monoisotopic (exact) mass is 267 g/mol. The normalized spacial score (nSPS) is 21.9. The van der Waals surface area contributed by atoms with E-state index in [1.807, 2.05) is 30.3 Å². The van der Waals surface area contributed by atoms with Gasteiger partial charge >= 0.3 is 0 Å². The third-order valence-corrected chi connectivity index (χ3v) is 3.57. The van der Waals surface area contributed by atoms with Gasteiger partial charge in [-0.1, -0.05) is 30.3 Å². The maximum absolute atomic E-state index is 13.2. The number of benzene rings is 1. The van der Waals surface area contributed by atoms with E-state index in [2.05, 4.69) is 5.32 Å². The molecule has 0 aliphatic heterocycles. The molecule has 1 aliphatic carbocycles. The maximum Gasteiger partial charge on any atom is 0.248 e. The van der Waals surface area contributed by atoms with Gasteiger partial charge in [0.25, 0.3) is 0 Å². The molecule has 1 unspecified atom stereocenters. The molecule has 0 saturated heterocycles. The van der Waals surface area contributed by atoms with Crippen molar-refractivity contribution in [3.05, 3.63) is 35.9 Å². The van der Waals surface area contributed by atoms with Gasteiger partial charge in [0.1, 0.15) is 0 Å². The van der Waals surface area contributed by atoms with E-state index in [0.29, 0.717) is 19.4 Å². The first-order valence-corrected chi connectivity index (χ1v) is 6.76. The number of carbonyl (C=O) groups excluding carboxylic acids is 1. The minimum atomic E-state index is -2.67. The van der Waals surface area contributed by atoms with E-state index in [9.17, 15) is 13.6 Å². The molecule has 1 fully saturated rings. The quantitative estimate of drug-likeness (QED) is 0.892. The smallest absolute Gasteiger partial charge is 0.248 e. The summed E-state index contributed by atoms with van der Waals surface area (Å²) in [5, 5.41) is 2.77. The molecule has 0 spiro atoms. The lowest BCUT2D eigenvalue weighted by molar-refractivity contribution is -0.132. The molecule has 0 heterocycles. The molecule has 0 bridgehead atoms. The van der Waals surface area contributed by atoms with E-state index >= 15 is 0 Å². The van der Waals surface area contributed by atoms with Crippen molar-refractivity contribution in [2.75, 3.05) is 6.54 Å². The van der Waals surface area contributed by atoms with Crippen molar-refractivity contribution < 1.29 is 13.6 Å². The predicted molar refractivity (Wildman–Crippen MR) is 70.1 cm³/mol. The Morgan fingerprint density at radius 1 is 1.32 bits per heavy atom. The Balaban J connectivity index is 1.75. The number of nitrogens with one attached hydrogen (secondary N) is 1. The molecule has 1 aliphatic rings. The molecule has 1 amide bonds. The largest absolute Gasteiger partial charge is 0.356 e. The van der Waals surface area contributed by atoms with Gasteiger partial charge in [0.2, 0.25) is 11.8 Å². The number of alkyl halides is 2. The van der Waals surface area contributed by atoms with Gasteiger partial charge in [0.15, 0.2) is 0 Å². The van der Waals surface area contributed by atoms with E-state index in [1.165, 1.54) is 0 Å². The molecule has 2 rings (SSSR count). The molecule has 2 nitrogen and oxygen atoms in total. The summed E-state index contributed by atoms with van der Waals surface area (Å²) in [5.41, 5.74) is 1.14. The number of halogens is 2. The average Bonchev–Trinajstić information content (AvgIpc) is 2.38. The van der Waals surface area contributed by atoms with Gasteiger partial charge in [-0.2, -0.15) is 0 Å². The van der Waals surface area contributed by atoms with Crippen LogP contribution in [0, 0.1) is 5.92 Å². The van der Waals surface area contributed by atoms with Gasteiger partial charge < -0.3 is 5.32 Å². The molecule has 1 atom stereocenters. The number of hydrogen-bond donors (Lipinski definition) is 1. The SMILES string of the molecule is O=C(NCCc1ccccc1)C1CCCC(F)(F)C1. The lowest BCUT2D eigenvalue weighted by Crippen LogP contribution is -2.38. The van der Waals surface area contributed by atoms with Gasteiger partial charge in [-0.15, -0.1) is 0 Å². The van der Waals surface area contributed by atoms with E-state index < -0.39 is 11.8 Å².